The van der Waals surface area contributed by atoms with Gasteiger partial charge in [-0.3, -0.25) is 9.59 Å². The molecule has 0 fully saturated rings. The van der Waals surface area contributed by atoms with E-state index in [1.165, 1.54) is 0 Å². The molecular formula is C8H14O6S. The molecule has 0 heterocycles. The zero-order chi connectivity index (χ0) is 11.9. The van der Waals surface area contributed by atoms with E-state index in [2.05, 4.69) is 8.37 Å². The van der Waals surface area contributed by atoms with E-state index < -0.39 is 23.6 Å². The molecule has 15 heavy (non-hydrogen) atoms. The average Bonchev–Trinajstić information content (AvgIpc) is 2.22. The van der Waals surface area contributed by atoms with E-state index in [-0.39, 0.29) is 24.4 Å². The maximum absolute atomic E-state index is 10.9. The Bertz CT molecular complexity index is 292. The zero-order valence-electron chi connectivity index (χ0n) is 8.69. The predicted molar refractivity (Wildman–Crippen MR) is 51.4 cm³/mol. The molecule has 6 nitrogen and oxygen atoms in total. The summed E-state index contributed by atoms with van der Waals surface area (Å²) < 4.78 is 30.3. The van der Waals surface area contributed by atoms with Gasteiger partial charge in [0, 0.05) is 12.8 Å². The molecule has 0 N–H and O–H groups in total. The quantitative estimate of drug-likeness (QED) is 0.601. The molecule has 0 aromatic carbocycles. The minimum Gasteiger partial charge on any atom is -0.297 e. The van der Waals surface area contributed by atoms with Crippen molar-refractivity contribution in [3.63, 3.8) is 0 Å². The Morgan fingerprint density at radius 1 is 0.933 bits per heavy atom. The van der Waals surface area contributed by atoms with Gasteiger partial charge in [-0.2, -0.15) is 8.42 Å². The molecule has 0 atom stereocenters. The summed E-state index contributed by atoms with van der Waals surface area (Å²) in [5.74, 6) is -0.715. The van der Waals surface area contributed by atoms with Gasteiger partial charge in [-0.1, -0.05) is 13.8 Å². The van der Waals surface area contributed by atoms with Gasteiger partial charge in [-0.05, 0) is 0 Å². The maximum atomic E-state index is 10.9. The van der Waals surface area contributed by atoms with Crippen molar-refractivity contribution in [1.82, 2.24) is 0 Å². The van der Waals surface area contributed by atoms with Crippen LogP contribution in [0.5, 0.6) is 0 Å². The molecule has 0 spiro atoms. The normalized spacial score (nSPS) is 11.3. The van der Waals surface area contributed by atoms with Crippen LogP contribution in [0, 0.1) is 0 Å². The highest BCUT2D eigenvalue weighted by Crippen LogP contribution is 1.98. The van der Waals surface area contributed by atoms with E-state index >= 15 is 0 Å². The van der Waals surface area contributed by atoms with Crippen molar-refractivity contribution in [1.29, 1.82) is 0 Å². The molecule has 7 heteroatoms. The van der Waals surface area contributed by atoms with Gasteiger partial charge in [0.05, 0.1) is 0 Å². The molecule has 0 amide bonds. The lowest BCUT2D eigenvalue weighted by Crippen LogP contribution is -2.19. The van der Waals surface area contributed by atoms with Gasteiger partial charge in [-0.25, -0.2) is 8.37 Å². The van der Waals surface area contributed by atoms with Crippen LogP contribution < -0.4 is 0 Å². The number of hydrogen-bond donors (Lipinski definition) is 0. The highest BCUT2D eigenvalue weighted by atomic mass is 32.3. The summed E-state index contributed by atoms with van der Waals surface area (Å²) >= 11 is 0. The number of carbonyl (C=O) groups excluding carboxylic acids is 2. The van der Waals surface area contributed by atoms with Gasteiger partial charge in [0.2, 0.25) is 0 Å². The third kappa shape index (κ3) is 7.18. The molecule has 0 bridgehead atoms. The lowest BCUT2D eigenvalue weighted by atomic mass is 10.3. The fourth-order valence-electron chi connectivity index (χ4n) is 0.514. The van der Waals surface area contributed by atoms with E-state index in [1.54, 1.807) is 13.8 Å². The summed E-state index contributed by atoms with van der Waals surface area (Å²) in [4.78, 5) is 21.5. The van der Waals surface area contributed by atoms with Gasteiger partial charge in [0.25, 0.3) is 0 Å². The van der Waals surface area contributed by atoms with Gasteiger partial charge >= 0.3 is 10.4 Å². The number of Topliss-reactive ketones (excluding diaryl/α,β-unsaturated/α-hetero) is 2. The number of ketones is 2. The minimum atomic E-state index is -4.23. The first kappa shape index (κ1) is 14.2. The van der Waals surface area contributed by atoms with Gasteiger partial charge in [-0.15, -0.1) is 0 Å². The van der Waals surface area contributed by atoms with Crippen LogP contribution in [-0.2, 0) is 28.4 Å². The van der Waals surface area contributed by atoms with Crippen LogP contribution >= 0.6 is 0 Å². The summed E-state index contributed by atoms with van der Waals surface area (Å²) in [6.07, 6.45) is 0.368. The minimum absolute atomic E-state index is 0.184. The largest absolute Gasteiger partial charge is 0.400 e. The number of rotatable bonds is 8. The first-order valence-electron chi connectivity index (χ1n) is 4.48. The number of hydrogen-bond acceptors (Lipinski definition) is 6. The van der Waals surface area contributed by atoms with Crippen molar-refractivity contribution < 1.29 is 26.4 Å². The summed E-state index contributed by atoms with van der Waals surface area (Å²) in [7, 11) is -4.23. The predicted octanol–water partition coefficient (Wildman–Crippen LogP) is 0.223. The maximum Gasteiger partial charge on any atom is 0.400 e. The standard InChI is InChI=1S/C8H14O6S/c1-3-7(9)5-13-15(11,12)14-6-8(10)4-2/h3-6H2,1-2H3. The second-order valence-corrected chi connectivity index (χ2v) is 4.00. The average molecular weight is 238 g/mol. The van der Waals surface area contributed by atoms with Crippen LogP contribution in [0.3, 0.4) is 0 Å². The van der Waals surface area contributed by atoms with E-state index in [0.29, 0.717) is 0 Å². The third-order valence-corrected chi connectivity index (χ3v) is 2.33. The van der Waals surface area contributed by atoms with Gasteiger partial charge < -0.3 is 0 Å². The van der Waals surface area contributed by atoms with Gasteiger partial charge in [0.1, 0.15) is 13.2 Å². The second kappa shape index (κ2) is 6.65. The topological polar surface area (TPSA) is 86.7 Å². The molecule has 0 aromatic rings. The van der Waals surface area contributed by atoms with Crippen LogP contribution in [0.4, 0.5) is 0 Å². The van der Waals surface area contributed by atoms with E-state index in [9.17, 15) is 18.0 Å². The molecule has 0 aliphatic rings. The molecule has 0 radical (unpaired) electrons. The fourth-order valence-corrected chi connectivity index (χ4v) is 1.13. The van der Waals surface area contributed by atoms with Crippen LogP contribution in [0.15, 0.2) is 0 Å². The fraction of sp³-hybridized carbons (Fsp3) is 0.750. The van der Waals surface area contributed by atoms with Crippen LogP contribution in [-0.4, -0.2) is 33.2 Å². The Balaban J connectivity index is 3.98. The van der Waals surface area contributed by atoms with Crippen molar-refractivity contribution in [2.24, 2.45) is 0 Å². The lowest BCUT2D eigenvalue weighted by molar-refractivity contribution is -0.121. The smallest absolute Gasteiger partial charge is 0.297 e. The Kier molecular flexibility index (Phi) is 6.30. The second-order valence-electron chi connectivity index (χ2n) is 2.72. The molecule has 0 saturated carbocycles. The Hall–Kier alpha value is -0.790. The number of carbonyl (C=O) groups is 2. The van der Waals surface area contributed by atoms with E-state index in [4.69, 9.17) is 0 Å². The van der Waals surface area contributed by atoms with Crippen molar-refractivity contribution in [3.8, 4) is 0 Å². The Morgan fingerprint density at radius 2 is 1.27 bits per heavy atom. The highest BCUT2D eigenvalue weighted by molar-refractivity contribution is 7.81. The van der Waals surface area contributed by atoms with Crippen molar-refractivity contribution in [3.05, 3.63) is 0 Å². The summed E-state index contributed by atoms with van der Waals surface area (Å²) in [5, 5.41) is 0. The SMILES string of the molecule is CCC(=O)COS(=O)(=O)OCC(=O)CC. The molecule has 0 unspecified atom stereocenters. The third-order valence-electron chi connectivity index (χ3n) is 1.52. The van der Waals surface area contributed by atoms with E-state index in [0.717, 1.165) is 0 Å². The van der Waals surface area contributed by atoms with Crippen LogP contribution in [0.25, 0.3) is 0 Å². The molecule has 0 rings (SSSR count). The molecular weight excluding hydrogens is 224 g/mol. The zero-order valence-corrected chi connectivity index (χ0v) is 9.50. The van der Waals surface area contributed by atoms with Crippen LogP contribution in [0.2, 0.25) is 0 Å². The summed E-state index contributed by atoms with van der Waals surface area (Å²) in [6, 6.07) is 0. The monoisotopic (exact) mass is 238 g/mol. The highest BCUT2D eigenvalue weighted by Gasteiger charge is 2.15. The van der Waals surface area contributed by atoms with Crippen molar-refractivity contribution in [2.45, 2.75) is 26.7 Å². The molecule has 0 aliphatic heterocycles. The first-order chi connectivity index (χ1) is 6.91. The van der Waals surface area contributed by atoms with Crippen molar-refractivity contribution in [2.75, 3.05) is 13.2 Å². The molecule has 0 saturated heterocycles. The molecule has 0 aliphatic carbocycles. The molecule has 88 valence electrons. The summed E-state index contributed by atoms with van der Waals surface area (Å²) in [5.41, 5.74) is 0. The Morgan fingerprint density at radius 3 is 1.53 bits per heavy atom. The van der Waals surface area contributed by atoms with Crippen molar-refractivity contribution >= 4 is 22.0 Å². The molecule has 0 aromatic heterocycles. The van der Waals surface area contributed by atoms with E-state index in [1.807, 2.05) is 0 Å². The first-order valence-corrected chi connectivity index (χ1v) is 5.81. The lowest BCUT2D eigenvalue weighted by Gasteiger charge is -2.03. The summed E-state index contributed by atoms with van der Waals surface area (Å²) in [6.45, 7) is 2.05. The van der Waals surface area contributed by atoms with Gasteiger partial charge in [0.15, 0.2) is 11.6 Å². The van der Waals surface area contributed by atoms with Crippen LogP contribution in [0.1, 0.15) is 26.7 Å². The Labute approximate surface area is 88.9 Å².